The molecule has 8 rings (SSSR count). The van der Waals surface area contributed by atoms with Gasteiger partial charge < -0.3 is 64.2 Å². The number of carbonyl (C=O) groups is 4. The lowest BCUT2D eigenvalue weighted by molar-refractivity contribution is -0.372. The summed E-state index contributed by atoms with van der Waals surface area (Å²) in [6.07, 6.45) is -13.5. The highest BCUT2D eigenvalue weighted by Gasteiger charge is 2.73. The SMILES string of the molecule is COC(=O)C1OC(OC2C(OC3CCC4(C)C(CCC5(C)C4C(=O)C=C4C6CC7(C)CC(OC7=O)C6(C)CCC45C)C3(C)CO)OC(C(=O)O)C(O)C2O)C(O)C(O)C1O. The molecule has 8 aliphatic rings. The molecule has 17 nitrogen and oxygen atoms in total. The van der Waals surface area contributed by atoms with Crippen LogP contribution in [0, 0.1) is 50.2 Å². The minimum absolute atomic E-state index is 0.0134. The summed E-state index contributed by atoms with van der Waals surface area (Å²) in [5.41, 5.74) is -2.26. The number of rotatable bonds is 7. The van der Waals surface area contributed by atoms with Crippen LogP contribution in [0.25, 0.3) is 0 Å². The Bertz CT molecular complexity index is 1820. The Balaban J connectivity index is 1.09. The Hall–Kier alpha value is -2.58. The second-order valence-corrected chi connectivity index (χ2v) is 20.8. The van der Waals surface area contributed by atoms with Gasteiger partial charge in [0.15, 0.2) is 30.6 Å². The van der Waals surface area contributed by atoms with Crippen LogP contribution in [0.4, 0.5) is 0 Å². The van der Waals surface area contributed by atoms with E-state index < -0.39 is 114 Å². The van der Waals surface area contributed by atoms with Gasteiger partial charge in [-0.15, -0.1) is 0 Å². The molecule has 4 saturated carbocycles. The molecule has 21 unspecified atom stereocenters. The first-order valence-corrected chi connectivity index (χ1v) is 21.4. The maximum atomic E-state index is 14.9. The van der Waals surface area contributed by atoms with Crippen LogP contribution in [0.2, 0.25) is 0 Å². The average molecular weight is 851 g/mol. The number of aliphatic carboxylic acids is 1. The predicted molar refractivity (Wildman–Crippen MR) is 203 cm³/mol. The third-order valence-electron chi connectivity index (χ3n) is 17.8. The molecule has 7 fully saturated rings. The van der Waals surface area contributed by atoms with Crippen LogP contribution in [0.3, 0.4) is 0 Å². The van der Waals surface area contributed by atoms with Crippen LogP contribution >= 0.6 is 0 Å². The zero-order valence-corrected chi connectivity index (χ0v) is 35.3. The summed E-state index contributed by atoms with van der Waals surface area (Å²) < 4.78 is 34.3. The van der Waals surface area contributed by atoms with Gasteiger partial charge in [0.1, 0.15) is 42.7 Å². The number of aliphatic hydroxyl groups is 6. The summed E-state index contributed by atoms with van der Waals surface area (Å²) in [7, 11) is 1.01. The van der Waals surface area contributed by atoms with Crippen LogP contribution in [0.5, 0.6) is 0 Å². The largest absolute Gasteiger partial charge is 0.479 e. The van der Waals surface area contributed by atoms with E-state index in [0.29, 0.717) is 32.1 Å². The van der Waals surface area contributed by atoms with Gasteiger partial charge in [0.2, 0.25) is 0 Å². The fraction of sp³-hybridized carbons (Fsp3) is 0.860. The molecule has 0 amide bonds. The van der Waals surface area contributed by atoms with Gasteiger partial charge in [-0.25, -0.2) is 9.59 Å². The zero-order chi connectivity index (χ0) is 43.9. The summed E-state index contributed by atoms with van der Waals surface area (Å²) >= 11 is 0. The number of esters is 2. The Morgan fingerprint density at radius 3 is 2.10 bits per heavy atom. The molecule has 0 aromatic rings. The average Bonchev–Trinajstić information content (AvgIpc) is 3.46. The molecule has 0 aromatic heterocycles. The monoisotopic (exact) mass is 850 g/mol. The first kappa shape index (κ1) is 44.0. The molecule has 2 bridgehead atoms. The zero-order valence-electron chi connectivity index (χ0n) is 35.3. The molecule has 0 spiro atoms. The van der Waals surface area contributed by atoms with Gasteiger partial charge in [-0.05, 0) is 86.0 Å². The Morgan fingerprint density at radius 1 is 0.783 bits per heavy atom. The van der Waals surface area contributed by atoms with Crippen molar-refractivity contribution in [2.24, 2.45) is 50.2 Å². The number of fused-ring (bicyclic) bond motifs is 10. The molecule has 3 aliphatic heterocycles. The number of hydrogen-bond acceptors (Lipinski definition) is 16. The lowest BCUT2D eigenvalue weighted by atomic mass is 9.33. The standard InChI is InChI=1S/C43H62O17/c1-38-15-19-18-14-20(45)32-40(3)10-9-22(41(4,17-44)21(40)8-11-43(32,6)42(18,5)13-12-39(19,2)23(16-38)57-37(38)54)56-36-31(27(49)26(48)29(58-36)33(51)52)60-35-28(50)24(46)25(47)30(59-35)34(53)55-7/h14,19,21-32,35-36,44,46-50H,8-13,15-17H2,1-7H3,(H,51,52). The van der Waals surface area contributed by atoms with Crippen molar-refractivity contribution in [1.82, 2.24) is 0 Å². The fourth-order valence-electron chi connectivity index (χ4n) is 14.0. The number of methoxy groups -OCH3 is 1. The summed E-state index contributed by atoms with van der Waals surface area (Å²) in [6, 6.07) is 0. The highest BCUT2D eigenvalue weighted by atomic mass is 16.8. The van der Waals surface area contributed by atoms with Crippen LogP contribution < -0.4 is 0 Å². The molecule has 5 aliphatic carbocycles. The highest BCUT2D eigenvalue weighted by Crippen LogP contribution is 2.76. The quantitative estimate of drug-likeness (QED) is 0.138. The molecule has 60 heavy (non-hydrogen) atoms. The number of carboxylic acid groups (broad SMARTS) is 1. The Labute approximate surface area is 348 Å². The minimum Gasteiger partial charge on any atom is -0.479 e. The molecular formula is C43H62O17. The molecule has 336 valence electrons. The van der Waals surface area contributed by atoms with Gasteiger partial charge in [0.05, 0.1) is 25.2 Å². The predicted octanol–water partition coefficient (Wildman–Crippen LogP) is 0.757. The number of hydrogen-bond donors (Lipinski definition) is 7. The van der Waals surface area contributed by atoms with Gasteiger partial charge in [-0.3, -0.25) is 9.59 Å². The van der Waals surface area contributed by atoms with Crippen molar-refractivity contribution < 1.29 is 83.3 Å². The Kier molecular flexibility index (Phi) is 10.6. The summed E-state index contributed by atoms with van der Waals surface area (Å²) in [6.45, 7) is 12.3. The van der Waals surface area contributed by atoms with Crippen molar-refractivity contribution >= 4 is 23.7 Å². The lowest BCUT2D eigenvalue weighted by Gasteiger charge is -2.70. The molecule has 17 heteroatoms. The van der Waals surface area contributed by atoms with Crippen LogP contribution in [0.1, 0.15) is 92.9 Å². The normalized spacial score (nSPS) is 54.7. The van der Waals surface area contributed by atoms with Gasteiger partial charge in [0, 0.05) is 23.2 Å². The number of carboxylic acids is 1. The molecule has 21 atom stereocenters. The minimum atomic E-state index is -2.07. The number of allylic oxidation sites excluding steroid dienone is 2. The summed E-state index contributed by atoms with van der Waals surface area (Å²) in [5, 5.41) is 75.3. The molecule has 0 aromatic carbocycles. The second-order valence-electron chi connectivity index (χ2n) is 20.8. The molecule has 3 heterocycles. The molecule has 0 radical (unpaired) electrons. The van der Waals surface area contributed by atoms with E-state index in [-0.39, 0.29) is 46.9 Å². The van der Waals surface area contributed by atoms with Crippen molar-refractivity contribution in [3.63, 3.8) is 0 Å². The first-order chi connectivity index (χ1) is 28.0. The number of aliphatic hydroxyl groups excluding tert-OH is 6. The van der Waals surface area contributed by atoms with E-state index in [1.165, 1.54) is 0 Å². The highest BCUT2D eigenvalue weighted by molar-refractivity contribution is 5.96. The lowest BCUT2D eigenvalue weighted by Crippen LogP contribution is -2.69. The smallest absolute Gasteiger partial charge is 0.337 e. The van der Waals surface area contributed by atoms with E-state index in [1.807, 2.05) is 19.9 Å². The number of carbonyl (C=O) groups excluding carboxylic acids is 3. The van der Waals surface area contributed by atoms with Gasteiger partial charge in [-0.2, -0.15) is 0 Å². The summed E-state index contributed by atoms with van der Waals surface area (Å²) in [4.78, 5) is 52.7. The Morgan fingerprint density at radius 2 is 1.45 bits per heavy atom. The van der Waals surface area contributed by atoms with E-state index in [0.717, 1.165) is 25.5 Å². The molecule has 7 N–H and O–H groups in total. The number of ether oxygens (including phenoxy) is 6. The van der Waals surface area contributed by atoms with Crippen LogP contribution in [0.15, 0.2) is 11.6 Å². The third kappa shape index (κ3) is 5.93. The maximum absolute atomic E-state index is 14.9. The number of ketones is 1. The van der Waals surface area contributed by atoms with Gasteiger partial charge in [0.25, 0.3) is 0 Å². The third-order valence-corrected chi connectivity index (χ3v) is 17.8. The first-order valence-electron chi connectivity index (χ1n) is 21.4. The van der Waals surface area contributed by atoms with E-state index >= 15 is 0 Å². The van der Waals surface area contributed by atoms with E-state index in [1.54, 1.807) is 0 Å². The van der Waals surface area contributed by atoms with Crippen LogP contribution in [-0.4, -0.2) is 147 Å². The van der Waals surface area contributed by atoms with Crippen molar-refractivity contribution in [3.05, 3.63) is 11.6 Å². The molecular weight excluding hydrogens is 788 g/mol. The van der Waals surface area contributed by atoms with Crippen molar-refractivity contribution in [2.45, 2.75) is 167 Å². The summed E-state index contributed by atoms with van der Waals surface area (Å²) in [5.74, 6) is -3.55. The van der Waals surface area contributed by atoms with Crippen LogP contribution in [-0.2, 0) is 47.6 Å². The van der Waals surface area contributed by atoms with Crippen molar-refractivity contribution in [1.29, 1.82) is 0 Å². The molecule has 3 saturated heterocycles. The van der Waals surface area contributed by atoms with E-state index in [9.17, 15) is 54.9 Å². The van der Waals surface area contributed by atoms with Gasteiger partial charge >= 0.3 is 17.9 Å². The van der Waals surface area contributed by atoms with Crippen molar-refractivity contribution in [2.75, 3.05) is 13.7 Å². The maximum Gasteiger partial charge on any atom is 0.337 e. The van der Waals surface area contributed by atoms with Gasteiger partial charge in [-0.1, -0.05) is 40.2 Å². The second kappa shape index (κ2) is 14.5. The topological polar surface area (TPSA) is 265 Å². The van der Waals surface area contributed by atoms with E-state index in [2.05, 4.69) is 32.4 Å². The van der Waals surface area contributed by atoms with E-state index in [4.69, 9.17) is 23.7 Å². The fourth-order valence-corrected chi connectivity index (χ4v) is 14.0. The van der Waals surface area contributed by atoms with Crippen molar-refractivity contribution in [3.8, 4) is 0 Å².